The van der Waals surface area contributed by atoms with E-state index in [0.29, 0.717) is 12.1 Å². The first-order valence-electron chi connectivity index (χ1n) is 7.65. The highest BCUT2D eigenvalue weighted by Gasteiger charge is 2.33. The number of carbonyl (C=O) groups is 1. The Bertz CT molecular complexity index is 541. The van der Waals surface area contributed by atoms with Gasteiger partial charge in [0.1, 0.15) is 0 Å². The van der Waals surface area contributed by atoms with Crippen LogP contribution in [0.4, 0.5) is 18.9 Å². The molecule has 0 heterocycles. The first-order chi connectivity index (χ1) is 10.5. The van der Waals surface area contributed by atoms with Crippen LogP contribution in [-0.4, -0.2) is 11.9 Å². The number of carbonyl (C=O) groups excluding carboxylic acids is 1. The fourth-order valence-electron chi connectivity index (χ4n) is 2.28. The Morgan fingerprint density at radius 2 is 1.74 bits per heavy atom. The van der Waals surface area contributed by atoms with Crippen molar-refractivity contribution < 1.29 is 18.0 Å². The molecule has 0 aromatic heterocycles. The van der Waals surface area contributed by atoms with Gasteiger partial charge in [-0.05, 0) is 30.7 Å². The minimum atomic E-state index is -4.39. The highest BCUT2D eigenvalue weighted by atomic mass is 19.4. The van der Waals surface area contributed by atoms with Crippen molar-refractivity contribution in [3.05, 3.63) is 42.5 Å². The van der Waals surface area contributed by atoms with Crippen LogP contribution >= 0.6 is 0 Å². The molecule has 5 heteroatoms. The van der Waals surface area contributed by atoms with Gasteiger partial charge in [0, 0.05) is 11.1 Å². The molecule has 0 saturated heterocycles. The van der Waals surface area contributed by atoms with Crippen molar-refractivity contribution >= 4 is 11.6 Å². The van der Waals surface area contributed by atoms with Crippen molar-refractivity contribution in [3.63, 3.8) is 0 Å². The molecule has 0 radical (unpaired) electrons. The van der Waals surface area contributed by atoms with E-state index in [-0.39, 0.29) is 11.9 Å². The van der Waals surface area contributed by atoms with E-state index in [1.54, 1.807) is 31.7 Å². The second-order valence-electron chi connectivity index (χ2n) is 6.56. The van der Waals surface area contributed by atoms with Crippen LogP contribution in [0.3, 0.4) is 0 Å². The lowest BCUT2D eigenvalue weighted by molar-refractivity contribution is -0.137. The van der Waals surface area contributed by atoms with Gasteiger partial charge in [0.25, 0.3) is 0 Å². The molecule has 1 atom stereocenters. The molecule has 2 nitrogen and oxygen atoms in total. The van der Waals surface area contributed by atoms with Gasteiger partial charge in [-0.15, -0.1) is 6.58 Å². The molecule has 0 unspecified atom stereocenters. The molecule has 0 aliphatic heterocycles. The Labute approximate surface area is 136 Å². The third-order valence-electron chi connectivity index (χ3n) is 3.52. The molecular weight excluding hydrogens is 303 g/mol. The zero-order valence-electron chi connectivity index (χ0n) is 14.1. The standard InChI is InChI=1S/C18H24F3NO/c1-6-8-14(7-2)22(16(23)17(3,4)5)15-11-9-13(10-12-15)18(19,20)21/h7,9-12,14H,2,6,8H2,1,3-5H3/t14-/m0/s1. The van der Waals surface area contributed by atoms with Gasteiger partial charge in [-0.3, -0.25) is 4.79 Å². The minimum Gasteiger partial charge on any atom is -0.305 e. The fraction of sp³-hybridized carbons (Fsp3) is 0.500. The number of hydrogen-bond acceptors (Lipinski definition) is 1. The maximum Gasteiger partial charge on any atom is 0.416 e. The Kier molecular flexibility index (Phi) is 6.03. The maximum atomic E-state index is 12.8. The van der Waals surface area contributed by atoms with Crippen molar-refractivity contribution in [1.82, 2.24) is 0 Å². The summed E-state index contributed by atoms with van der Waals surface area (Å²) in [4.78, 5) is 14.3. The summed E-state index contributed by atoms with van der Waals surface area (Å²) in [5, 5.41) is 0. The van der Waals surface area contributed by atoms with Gasteiger partial charge in [-0.25, -0.2) is 0 Å². The topological polar surface area (TPSA) is 20.3 Å². The number of halogens is 3. The van der Waals surface area contributed by atoms with Gasteiger partial charge in [-0.1, -0.05) is 40.2 Å². The van der Waals surface area contributed by atoms with Crippen LogP contribution in [0.15, 0.2) is 36.9 Å². The first kappa shape index (κ1) is 19.3. The molecule has 1 aromatic rings. The van der Waals surface area contributed by atoms with Crippen LogP contribution in [0.1, 0.15) is 46.1 Å². The summed E-state index contributed by atoms with van der Waals surface area (Å²) in [6, 6.07) is 4.45. The largest absolute Gasteiger partial charge is 0.416 e. The van der Waals surface area contributed by atoms with Gasteiger partial charge in [-0.2, -0.15) is 13.2 Å². The molecule has 1 rings (SSSR count). The van der Waals surface area contributed by atoms with E-state index < -0.39 is 17.2 Å². The maximum absolute atomic E-state index is 12.8. The third-order valence-corrected chi connectivity index (χ3v) is 3.52. The molecule has 0 saturated carbocycles. The van der Waals surface area contributed by atoms with Crippen LogP contribution in [0.2, 0.25) is 0 Å². The molecule has 23 heavy (non-hydrogen) atoms. The number of anilines is 1. The average Bonchev–Trinajstić information content (AvgIpc) is 2.45. The number of benzene rings is 1. The molecule has 0 fully saturated rings. The van der Waals surface area contributed by atoms with Crippen molar-refractivity contribution in [2.24, 2.45) is 5.41 Å². The van der Waals surface area contributed by atoms with Gasteiger partial charge >= 0.3 is 6.18 Å². The van der Waals surface area contributed by atoms with E-state index in [0.717, 1.165) is 18.6 Å². The van der Waals surface area contributed by atoms with Crippen molar-refractivity contribution in [1.29, 1.82) is 0 Å². The zero-order chi connectivity index (χ0) is 17.8. The lowest BCUT2D eigenvalue weighted by Crippen LogP contribution is -2.45. The number of hydrogen-bond donors (Lipinski definition) is 0. The summed E-state index contributed by atoms with van der Waals surface area (Å²) in [6.45, 7) is 11.1. The molecule has 1 amide bonds. The monoisotopic (exact) mass is 327 g/mol. The van der Waals surface area contributed by atoms with Gasteiger partial charge in [0.15, 0.2) is 0 Å². The summed E-state index contributed by atoms with van der Waals surface area (Å²) < 4.78 is 38.2. The molecule has 0 N–H and O–H groups in total. The quantitative estimate of drug-likeness (QED) is 0.660. The highest BCUT2D eigenvalue weighted by molar-refractivity contribution is 5.97. The summed E-state index contributed by atoms with van der Waals surface area (Å²) in [6.07, 6.45) is -1.18. The van der Waals surface area contributed by atoms with Crippen LogP contribution in [0.25, 0.3) is 0 Å². The van der Waals surface area contributed by atoms with Crippen LogP contribution in [-0.2, 0) is 11.0 Å². The Balaban J connectivity index is 3.29. The molecular formula is C18H24F3NO. The van der Waals surface area contributed by atoms with Crippen molar-refractivity contribution in [2.75, 3.05) is 4.90 Å². The van der Waals surface area contributed by atoms with E-state index in [1.807, 2.05) is 6.92 Å². The molecule has 0 aliphatic carbocycles. The highest BCUT2D eigenvalue weighted by Crippen LogP contribution is 2.32. The minimum absolute atomic E-state index is 0.143. The fourth-order valence-corrected chi connectivity index (χ4v) is 2.28. The van der Waals surface area contributed by atoms with Crippen molar-refractivity contribution in [3.8, 4) is 0 Å². The van der Waals surface area contributed by atoms with E-state index in [2.05, 4.69) is 6.58 Å². The molecule has 0 spiro atoms. The Hall–Kier alpha value is -1.78. The summed E-state index contributed by atoms with van der Waals surface area (Å²) in [5.74, 6) is -0.143. The zero-order valence-corrected chi connectivity index (χ0v) is 14.1. The lowest BCUT2D eigenvalue weighted by Gasteiger charge is -2.35. The SMILES string of the molecule is C=C[C@@H](CCC)N(C(=O)C(C)(C)C)c1ccc(C(F)(F)F)cc1. The second-order valence-corrected chi connectivity index (χ2v) is 6.56. The third kappa shape index (κ3) is 4.85. The Morgan fingerprint density at radius 1 is 1.22 bits per heavy atom. The predicted octanol–water partition coefficient (Wildman–Crippen LogP) is 5.44. The van der Waals surface area contributed by atoms with E-state index in [4.69, 9.17) is 0 Å². The van der Waals surface area contributed by atoms with E-state index in [1.165, 1.54) is 12.1 Å². The summed E-state index contributed by atoms with van der Waals surface area (Å²) in [7, 11) is 0. The summed E-state index contributed by atoms with van der Waals surface area (Å²) >= 11 is 0. The van der Waals surface area contributed by atoms with Gasteiger partial charge < -0.3 is 4.90 Å². The van der Waals surface area contributed by atoms with Crippen molar-refractivity contribution in [2.45, 2.75) is 52.8 Å². The lowest BCUT2D eigenvalue weighted by atomic mass is 9.92. The van der Waals surface area contributed by atoms with Crippen LogP contribution in [0.5, 0.6) is 0 Å². The number of amides is 1. The van der Waals surface area contributed by atoms with Crippen LogP contribution < -0.4 is 4.90 Å². The predicted molar refractivity (Wildman–Crippen MR) is 87.3 cm³/mol. The Morgan fingerprint density at radius 3 is 2.09 bits per heavy atom. The first-order valence-corrected chi connectivity index (χ1v) is 7.65. The average molecular weight is 327 g/mol. The van der Waals surface area contributed by atoms with E-state index in [9.17, 15) is 18.0 Å². The van der Waals surface area contributed by atoms with E-state index >= 15 is 0 Å². The molecule has 0 aliphatic rings. The second kappa shape index (κ2) is 7.20. The van der Waals surface area contributed by atoms with Gasteiger partial charge in [0.2, 0.25) is 5.91 Å². The van der Waals surface area contributed by atoms with Gasteiger partial charge in [0.05, 0.1) is 11.6 Å². The number of nitrogens with zero attached hydrogens (tertiary/aromatic N) is 1. The molecule has 128 valence electrons. The number of rotatable bonds is 5. The summed E-state index contributed by atoms with van der Waals surface area (Å²) in [5.41, 5.74) is -0.913. The smallest absolute Gasteiger partial charge is 0.305 e. The van der Waals surface area contributed by atoms with Crippen LogP contribution in [0, 0.1) is 5.41 Å². The normalized spacial score (nSPS) is 13.5. The molecule has 0 bridgehead atoms. The molecule has 1 aromatic carbocycles. The number of alkyl halides is 3.